The molecule has 1 saturated carbocycles. The molecule has 0 aromatic heterocycles. The van der Waals surface area contributed by atoms with E-state index in [1.54, 1.807) is 0 Å². The summed E-state index contributed by atoms with van der Waals surface area (Å²) in [5.41, 5.74) is 0. The lowest BCUT2D eigenvalue weighted by atomic mass is 9.79. The summed E-state index contributed by atoms with van der Waals surface area (Å²) in [7, 11) is 0. The van der Waals surface area contributed by atoms with Crippen LogP contribution in [0.5, 0.6) is 0 Å². The van der Waals surface area contributed by atoms with Gasteiger partial charge in [0.05, 0.1) is 13.2 Å². The average Bonchev–Trinajstić information content (AvgIpc) is 2.25. The fourth-order valence-corrected chi connectivity index (χ4v) is 2.81. The molecule has 1 aliphatic carbocycles. The number of hydrogen-bond donors (Lipinski definition) is 0. The first-order valence-electron chi connectivity index (χ1n) is 6.47. The van der Waals surface area contributed by atoms with Gasteiger partial charge in [-0.3, -0.25) is 0 Å². The summed E-state index contributed by atoms with van der Waals surface area (Å²) < 4.78 is 11.1. The van der Waals surface area contributed by atoms with Gasteiger partial charge in [0.15, 0.2) is 6.29 Å². The maximum Gasteiger partial charge on any atom is 0.154 e. The van der Waals surface area contributed by atoms with Crippen molar-refractivity contribution in [2.24, 2.45) is 17.8 Å². The van der Waals surface area contributed by atoms with Gasteiger partial charge in [-0.1, -0.05) is 32.6 Å². The fourth-order valence-electron chi connectivity index (χ4n) is 2.81. The van der Waals surface area contributed by atoms with Gasteiger partial charge in [-0.05, 0) is 25.2 Å². The molecule has 0 unspecified atom stereocenters. The lowest BCUT2D eigenvalue weighted by molar-refractivity contribution is -0.193. The van der Waals surface area contributed by atoms with E-state index in [0.29, 0.717) is 5.92 Å². The van der Waals surface area contributed by atoms with Crippen LogP contribution in [0, 0.1) is 17.8 Å². The van der Waals surface area contributed by atoms with Crippen LogP contribution in [0.3, 0.4) is 0 Å². The summed E-state index contributed by atoms with van der Waals surface area (Å²) in [5.74, 6) is 2.55. The van der Waals surface area contributed by atoms with Crippen LogP contribution in [-0.2, 0) is 9.47 Å². The van der Waals surface area contributed by atoms with Gasteiger partial charge in [-0.25, -0.2) is 0 Å². The second kappa shape index (κ2) is 5.31. The smallest absolute Gasteiger partial charge is 0.154 e. The summed E-state index contributed by atoms with van der Waals surface area (Å²) in [6.07, 6.45) is 7.04. The molecule has 0 bridgehead atoms. The Hall–Kier alpha value is -0.0800. The van der Waals surface area contributed by atoms with Crippen molar-refractivity contribution in [2.75, 3.05) is 13.2 Å². The summed E-state index contributed by atoms with van der Waals surface area (Å²) in [6, 6.07) is 0. The molecule has 0 spiro atoms. The molecule has 0 aromatic carbocycles. The van der Waals surface area contributed by atoms with Crippen molar-refractivity contribution < 1.29 is 9.47 Å². The van der Waals surface area contributed by atoms with Crippen LogP contribution in [-0.4, -0.2) is 19.5 Å². The number of hydrogen-bond acceptors (Lipinski definition) is 2. The van der Waals surface area contributed by atoms with E-state index in [-0.39, 0.29) is 6.29 Å². The predicted octanol–water partition coefficient (Wildman–Crippen LogP) is 3.21. The molecular formula is C13H24O2. The average molecular weight is 212 g/mol. The molecule has 0 atom stereocenters. The van der Waals surface area contributed by atoms with Crippen LogP contribution < -0.4 is 0 Å². The molecule has 0 radical (unpaired) electrons. The van der Waals surface area contributed by atoms with Crippen molar-refractivity contribution in [2.45, 2.75) is 52.2 Å². The van der Waals surface area contributed by atoms with E-state index >= 15 is 0 Å². The second-order valence-corrected chi connectivity index (χ2v) is 5.46. The van der Waals surface area contributed by atoms with E-state index in [1.807, 2.05) is 6.92 Å². The van der Waals surface area contributed by atoms with E-state index in [2.05, 4.69) is 6.92 Å². The Morgan fingerprint density at radius 2 is 1.47 bits per heavy atom. The Morgan fingerprint density at radius 1 is 0.867 bits per heavy atom. The first kappa shape index (κ1) is 11.4. The monoisotopic (exact) mass is 212 g/mol. The molecule has 1 heterocycles. The van der Waals surface area contributed by atoms with Crippen molar-refractivity contribution in [1.29, 1.82) is 0 Å². The number of ether oxygens (including phenoxy) is 2. The maximum atomic E-state index is 5.53. The summed E-state index contributed by atoms with van der Waals surface area (Å²) in [5, 5.41) is 0. The largest absolute Gasteiger partial charge is 0.353 e. The molecule has 2 fully saturated rings. The Balaban J connectivity index is 1.68. The van der Waals surface area contributed by atoms with Gasteiger partial charge in [-0.15, -0.1) is 0 Å². The van der Waals surface area contributed by atoms with Gasteiger partial charge in [0.25, 0.3) is 0 Å². The van der Waals surface area contributed by atoms with E-state index in [1.165, 1.54) is 32.1 Å². The van der Waals surface area contributed by atoms with Crippen molar-refractivity contribution in [3.63, 3.8) is 0 Å². The summed E-state index contributed by atoms with van der Waals surface area (Å²) in [4.78, 5) is 0. The zero-order valence-corrected chi connectivity index (χ0v) is 10.1. The van der Waals surface area contributed by atoms with Gasteiger partial charge in [0.2, 0.25) is 0 Å². The van der Waals surface area contributed by atoms with Crippen molar-refractivity contribution in [3.8, 4) is 0 Å². The third-order valence-electron chi connectivity index (χ3n) is 3.94. The highest BCUT2D eigenvalue weighted by Gasteiger charge is 2.25. The predicted molar refractivity (Wildman–Crippen MR) is 60.6 cm³/mol. The van der Waals surface area contributed by atoms with E-state index in [0.717, 1.165) is 25.0 Å². The summed E-state index contributed by atoms with van der Waals surface area (Å²) in [6.45, 7) is 6.18. The van der Waals surface area contributed by atoms with Crippen LogP contribution in [0.2, 0.25) is 0 Å². The Bertz CT molecular complexity index is 157. The van der Waals surface area contributed by atoms with Gasteiger partial charge in [0, 0.05) is 5.92 Å². The molecular weight excluding hydrogens is 188 g/mol. The molecule has 2 nitrogen and oxygen atoms in total. The topological polar surface area (TPSA) is 18.5 Å². The van der Waals surface area contributed by atoms with Gasteiger partial charge < -0.3 is 9.47 Å². The fraction of sp³-hybridized carbons (Fsp3) is 1.00. The minimum Gasteiger partial charge on any atom is -0.353 e. The third kappa shape index (κ3) is 3.46. The minimum absolute atomic E-state index is 0.0210. The molecule has 1 saturated heterocycles. The molecule has 15 heavy (non-hydrogen) atoms. The van der Waals surface area contributed by atoms with E-state index in [9.17, 15) is 0 Å². The molecule has 2 rings (SSSR count). The van der Waals surface area contributed by atoms with Gasteiger partial charge in [0.1, 0.15) is 0 Å². The minimum atomic E-state index is 0.0210. The lowest BCUT2D eigenvalue weighted by Crippen LogP contribution is -2.31. The molecule has 0 amide bonds. The van der Waals surface area contributed by atoms with Gasteiger partial charge in [-0.2, -0.15) is 0 Å². The molecule has 2 aliphatic rings. The molecule has 2 heteroatoms. The first-order chi connectivity index (χ1) is 7.24. The Kier molecular flexibility index (Phi) is 4.04. The standard InChI is InChI=1S/C13H24O2/c1-10-3-5-12(6-4-10)7-13-8-14-11(2)15-9-13/h10-13H,3-9H2,1-2H3. The van der Waals surface area contributed by atoms with Crippen molar-refractivity contribution >= 4 is 0 Å². The highest BCUT2D eigenvalue weighted by Crippen LogP contribution is 2.33. The highest BCUT2D eigenvalue weighted by molar-refractivity contribution is 4.74. The van der Waals surface area contributed by atoms with Crippen LogP contribution in [0.15, 0.2) is 0 Å². The normalized spacial score (nSPS) is 42.8. The van der Waals surface area contributed by atoms with Crippen molar-refractivity contribution in [1.82, 2.24) is 0 Å². The van der Waals surface area contributed by atoms with Crippen LogP contribution in [0.1, 0.15) is 46.0 Å². The van der Waals surface area contributed by atoms with Crippen LogP contribution in [0.25, 0.3) is 0 Å². The molecule has 0 N–H and O–H groups in total. The molecule has 88 valence electrons. The van der Waals surface area contributed by atoms with Crippen LogP contribution >= 0.6 is 0 Å². The number of rotatable bonds is 2. The van der Waals surface area contributed by atoms with E-state index in [4.69, 9.17) is 9.47 Å². The lowest BCUT2D eigenvalue weighted by Gasteiger charge is -2.32. The maximum absolute atomic E-state index is 5.53. The second-order valence-electron chi connectivity index (χ2n) is 5.46. The SMILES string of the molecule is CC1CCC(CC2COC(C)OC2)CC1. The Labute approximate surface area is 93.3 Å². The summed E-state index contributed by atoms with van der Waals surface area (Å²) >= 11 is 0. The zero-order chi connectivity index (χ0) is 10.7. The highest BCUT2D eigenvalue weighted by atomic mass is 16.7. The van der Waals surface area contributed by atoms with Gasteiger partial charge >= 0.3 is 0 Å². The van der Waals surface area contributed by atoms with Crippen LogP contribution in [0.4, 0.5) is 0 Å². The zero-order valence-electron chi connectivity index (χ0n) is 10.1. The quantitative estimate of drug-likeness (QED) is 0.699. The molecule has 1 aliphatic heterocycles. The molecule has 0 aromatic rings. The van der Waals surface area contributed by atoms with E-state index < -0.39 is 0 Å². The Morgan fingerprint density at radius 3 is 2.07 bits per heavy atom. The first-order valence-corrected chi connectivity index (χ1v) is 6.47. The van der Waals surface area contributed by atoms with Crippen molar-refractivity contribution in [3.05, 3.63) is 0 Å². The third-order valence-corrected chi connectivity index (χ3v) is 3.94.